The Hall–Kier alpha value is -0.131. The molecule has 0 unspecified atom stereocenters. The third-order valence-electron chi connectivity index (χ3n) is 0.556. The molecular formula is C5H5Mn+. The molecule has 0 nitrogen and oxygen atoms in total. The van der Waals surface area contributed by atoms with Gasteiger partial charge in [-0.3, -0.25) is 0 Å². The van der Waals surface area contributed by atoms with Crippen molar-refractivity contribution in [2.45, 2.75) is 0 Å². The minimum absolute atomic E-state index is 0. The van der Waals surface area contributed by atoms with Gasteiger partial charge in [0.25, 0.3) is 0 Å². The molecule has 0 N–H and O–H groups in total. The summed E-state index contributed by atoms with van der Waals surface area (Å²) in [7, 11) is 0. The largest absolute Gasteiger partial charge is 2.00 e. The molecule has 0 amide bonds. The average molecular weight is 120 g/mol. The zero-order valence-electron chi connectivity index (χ0n) is 3.26. The fourth-order valence-electron chi connectivity index (χ4n) is 0.321. The minimum Gasteiger partial charge on any atom is -0.214 e. The van der Waals surface area contributed by atoms with Crippen LogP contribution >= 0.6 is 0 Å². The summed E-state index contributed by atoms with van der Waals surface area (Å²) in [6, 6.07) is 10.0. The Kier molecular flexibility index (Phi) is 3.01. The molecule has 0 heterocycles. The molecule has 6 heavy (non-hydrogen) atoms. The summed E-state index contributed by atoms with van der Waals surface area (Å²) in [5, 5.41) is 0. The first-order chi connectivity index (χ1) is 2.50. The molecule has 0 aromatic heterocycles. The molecule has 31 valence electrons. The van der Waals surface area contributed by atoms with E-state index in [0.29, 0.717) is 0 Å². The van der Waals surface area contributed by atoms with Crippen molar-refractivity contribution >= 4 is 0 Å². The second-order valence-electron chi connectivity index (χ2n) is 0.962. The first-order valence-corrected chi connectivity index (χ1v) is 1.67. The summed E-state index contributed by atoms with van der Waals surface area (Å²) < 4.78 is 0. The molecule has 0 aliphatic rings. The zero-order chi connectivity index (χ0) is 3.54. The Morgan fingerprint density at radius 1 is 1.00 bits per heavy atom. The molecule has 1 rings (SSSR count). The van der Waals surface area contributed by atoms with E-state index in [0.717, 1.165) is 0 Å². The van der Waals surface area contributed by atoms with Gasteiger partial charge in [-0.2, -0.15) is 18.2 Å². The summed E-state index contributed by atoms with van der Waals surface area (Å²) in [5.74, 6) is 0. The van der Waals surface area contributed by atoms with Crippen LogP contribution in [0, 0.1) is 0 Å². The molecule has 0 saturated heterocycles. The van der Waals surface area contributed by atoms with Crippen molar-refractivity contribution < 1.29 is 17.1 Å². The van der Waals surface area contributed by atoms with E-state index in [-0.39, 0.29) is 17.1 Å². The minimum atomic E-state index is 0. The van der Waals surface area contributed by atoms with Crippen molar-refractivity contribution in [3.05, 3.63) is 30.3 Å². The Balaban J connectivity index is 0.000000250. The van der Waals surface area contributed by atoms with E-state index in [2.05, 4.69) is 0 Å². The van der Waals surface area contributed by atoms with Gasteiger partial charge in [0.2, 0.25) is 0 Å². The monoisotopic (exact) mass is 120 g/mol. The molecular weight excluding hydrogens is 115 g/mol. The van der Waals surface area contributed by atoms with Crippen LogP contribution in [0.5, 0.6) is 0 Å². The van der Waals surface area contributed by atoms with Gasteiger partial charge in [-0.1, -0.05) is 0 Å². The maximum absolute atomic E-state index is 2.00. The van der Waals surface area contributed by atoms with Crippen molar-refractivity contribution in [2.24, 2.45) is 0 Å². The maximum Gasteiger partial charge on any atom is 2.00 e. The molecule has 0 atom stereocenters. The standard InChI is InChI=1S/C5H5.Mn/c1-2-4-5-3-1;/h1-5H;/q-1;+2. The van der Waals surface area contributed by atoms with Crippen LogP contribution < -0.4 is 0 Å². The number of rotatable bonds is 0. The van der Waals surface area contributed by atoms with E-state index in [9.17, 15) is 0 Å². The summed E-state index contributed by atoms with van der Waals surface area (Å²) in [4.78, 5) is 0. The summed E-state index contributed by atoms with van der Waals surface area (Å²) in [6.45, 7) is 0. The van der Waals surface area contributed by atoms with Crippen LogP contribution in [-0.4, -0.2) is 0 Å². The molecule has 1 radical (unpaired) electrons. The maximum atomic E-state index is 2.00. The van der Waals surface area contributed by atoms with Crippen LogP contribution in [0.1, 0.15) is 0 Å². The third kappa shape index (κ3) is 1.34. The molecule has 1 aromatic carbocycles. The summed E-state index contributed by atoms with van der Waals surface area (Å²) >= 11 is 0. The van der Waals surface area contributed by atoms with Crippen LogP contribution in [-0.2, 0) is 17.1 Å². The van der Waals surface area contributed by atoms with Crippen LogP contribution in [0.25, 0.3) is 0 Å². The topological polar surface area (TPSA) is 0 Å². The van der Waals surface area contributed by atoms with Crippen LogP contribution in [0.4, 0.5) is 0 Å². The van der Waals surface area contributed by atoms with E-state index >= 15 is 0 Å². The van der Waals surface area contributed by atoms with Gasteiger partial charge in [0.05, 0.1) is 0 Å². The van der Waals surface area contributed by atoms with Gasteiger partial charge in [-0.15, -0.1) is 0 Å². The van der Waals surface area contributed by atoms with Crippen molar-refractivity contribution in [1.29, 1.82) is 0 Å². The van der Waals surface area contributed by atoms with Gasteiger partial charge < -0.3 is 0 Å². The van der Waals surface area contributed by atoms with Crippen LogP contribution in [0.3, 0.4) is 0 Å². The number of hydrogen-bond acceptors (Lipinski definition) is 0. The summed E-state index contributed by atoms with van der Waals surface area (Å²) in [6.07, 6.45) is 0. The van der Waals surface area contributed by atoms with Gasteiger partial charge in [0.1, 0.15) is 0 Å². The van der Waals surface area contributed by atoms with Gasteiger partial charge >= 0.3 is 17.1 Å². The number of hydrogen-bond donors (Lipinski definition) is 0. The molecule has 0 fully saturated rings. The average Bonchev–Trinajstić information content (AvgIpc) is 1.76. The van der Waals surface area contributed by atoms with E-state index < -0.39 is 0 Å². The van der Waals surface area contributed by atoms with E-state index in [1.807, 2.05) is 30.3 Å². The van der Waals surface area contributed by atoms with Gasteiger partial charge in [0.15, 0.2) is 0 Å². The Bertz CT molecular complexity index is 60.4. The second kappa shape index (κ2) is 3.07. The van der Waals surface area contributed by atoms with Crippen molar-refractivity contribution in [3.63, 3.8) is 0 Å². The van der Waals surface area contributed by atoms with Gasteiger partial charge in [-0.25, -0.2) is 12.1 Å². The molecule has 0 saturated carbocycles. The molecule has 0 spiro atoms. The molecule has 0 aliphatic heterocycles. The Morgan fingerprint density at radius 2 is 1.50 bits per heavy atom. The fourth-order valence-corrected chi connectivity index (χ4v) is 0.321. The molecule has 1 aromatic rings. The van der Waals surface area contributed by atoms with Crippen molar-refractivity contribution in [3.8, 4) is 0 Å². The first kappa shape index (κ1) is 5.87. The normalized spacial score (nSPS) is 6.67. The molecule has 0 bridgehead atoms. The Labute approximate surface area is 48.0 Å². The fraction of sp³-hybridized carbons (Fsp3) is 0. The quantitative estimate of drug-likeness (QED) is 0.358. The molecule has 0 aliphatic carbocycles. The first-order valence-electron chi connectivity index (χ1n) is 1.67. The summed E-state index contributed by atoms with van der Waals surface area (Å²) in [5.41, 5.74) is 0. The smallest absolute Gasteiger partial charge is 0.214 e. The van der Waals surface area contributed by atoms with Crippen LogP contribution in [0.2, 0.25) is 0 Å². The zero-order valence-corrected chi connectivity index (χ0v) is 4.45. The predicted molar refractivity (Wildman–Crippen MR) is 22.0 cm³/mol. The second-order valence-corrected chi connectivity index (χ2v) is 0.962. The van der Waals surface area contributed by atoms with Gasteiger partial charge in [0, 0.05) is 0 Å². The molecule has 1 heteroatoms. The van der Waals surface area contributed by atoms with E-state index in [4.69, 9.17) is 0 Å². The van der Waals surface area contributed by atoms with Crippen molar-refractivity contribution in [1.82, 2.24) is 0 Å². The van der Waals surface area contributed by atoms with Gasteiger partial charge in [-0.05, 0) is 0 Å². The SMILES string of the molecule is [Mn+2].c1cc[cH-]c1. The predicted octanol–water partition coefficient (Wildman–Crippen LogP) is 1.40. The van der Waals surface area contributed by atoms with Crippen molar-refractivity contribution in [2.75, 3.05) is 0 Å². The van der Waals surface area contributed by atoms with E-state index in [1.165, 1.54) is 0 Å². The Morgan fingerprint density at radius 3 is 1.67 bits per heavy atom. The third-order valence-corrected chi connectivity index (χ3v) is 0.556. The van der Waals surface area contributed by atoms with Crippen LogP contribution in [0.15, 0.2) is 30.3 Å². The van der Waals surface area contributed by atoms with E-state index in [1.54, 1.807) is 0 Å².